The molecule has 68 valence electrons. The second kappa shape index (κ2) is 4.06. The maximum Gasteiger partial charge on any atom is 0.265 e. The minimum absolute atomic E-state index is 0.539. The highest BCUT2D eigenvalue weighted by molar-refractivity contribution is 5.24. The van der Waals surface area contributed by atoms with Crippen molar-refractivity contribution in [1.82, 2.24) is 10.1 Å². The summed E-state index contributed by atoms with van der Waals surface area (Å²) in [6.45, 7) is 3.43. The van der Waals surface area contributed by atoms with Gasteiger partial charge in [0.05, 0.1) is 0 Å². The zero-order valence-electron chi connectivity index (χ0n) is 7.45. The first-order valence-corrected chi connectivity index (χ1v) is 4.01. The summed E-state index contributed by atoms with van der Waals surface area (Å²) in [5.74, 6) is 1.23. The fraction of sp³-hybridized carbons (Fsp3) is 0.714. The molecule has 1 aromatic heterocycles. The Morgan fingerprint density at radius 1 is 1.58 bits per heavy atom. The molecule has 0 unspecified atom stereocenters. The molecule has 0 spiro atoms. The largest absolute Gasteiger partial charge is 0.342 e. The Hall–Kier alpha value is -1.10. The predicted molar refractivity (Wildman–Crippen MR) is 46.0 cm³/mol. The fourth-order valence-corrected chi connectivity index (χ4v) is 0.767. The number of nitrogens with zero attached hydrogens (tertiary/aromatic N) is 3. The summed E-state index contributed by atoms with van der Waals surface area (Å²) in [5, 5.41) is 3.79. The number of hydrogen-bond acceptors (Lipinski definition) is 5. The average Bonchev–Trinajstić information content (AvgIpc) is 2.52. The number of nitrogens with two attached hydrogens (primary N) is 1. The van der Waals surface area contributed by atoms with Crippen LogP contribution >= 0.6 is 0 Å². The van der Waals surface area contributed by atoms with Crippen LogP contribution < -0.4 is 10.6 Å². The van der Waals surface area contributed by atoms with Crippen molar-refractivity contribution in [3.05, 3.63) is 5.89 Å². The van der Waals surface area contributed by atoms with Crippen LogP contribution in [-0.2, 0) is 6.42 Å². The van der Waals surface area contributed by atoms with E-state index in [2.05, 4.69) is 10.1 Å². The van der Waals surface area contributed by atoms with E-state index < -0.39 is 0 Å². The molecule has 0 aliphatic heterocycles. The molecule has 0 aromatic carbocycles. The summed E-state index contributed by atoms with van der Waals surface area (Å²) < 4.78 is 4.95. The van der Waals surface area contributed by atoms with Crippen LogP contribution in [0.4, 0.5) is 5.95 Å². The minimum atomic E-state index is 0.539. The van der Waals surface area contributed by atoms with Crippen LogP contribution in [0, 0.1) is 0 Å². The van der Waals surface area contributed by atoms with Crippen LogP contribution in [0.3, 0.4) is 0 Å². The van der Waals surface area contributed by atoms with E-state index in [0.29, 0.717) is 24.8 Å². The number of rotatable bonds is 4. The average molecular weight is 170 g/mol. The maximum absolute atomic E-state index is 5.34. The SMILES string of the molecule is CCN(C)c1noc(CCN)n1. The second-order valence-corrected chi connectivity index (χ2v) is 2.54. The Kier molecular flexibility index (Phi) is 3.04. The van der Waals surface area contributed by atoms with Gasteiger partial charge in [-0.3, -0.25) is 0 Å². The lowest BCUT2D eigenvalue weighted by molar-refractivity contribution is 0.379. The molecule has 0 atom stereocenters. The van der Waals surface area contributed by atoms with Gasteiger partial charge >= 0.3 is 0 Å². The molecule has 1 heterocycles. The van der Waals surface area contributed by atoms with Gasteiger partial charge in [-0.15, -0.1) is 0 Å². The lowest BCUT2D eigenvalue weighted by atomic mass is 10.4. The first kappa shape index (κ1) is 8.99. The van der Waals surface area contributed by atoms with Crippen LogP contribution in [0.1, 0.15) is 12.8 Å². The van der Waals surface area contributed by atoms with Gasteiger partial charge in [-0.1, -0.05) is 0 Å². The van der Waals surface area contributed by atoms with Gasteiger partial charge in [-0.05, 0) is 12.1 Å². The van der Waals surface area contributed by atoms with Crippen molar-refractivity contribution in [2.75, 3.05) is 25.0 Å². The van der Waals surface area contributed by atoms with E-state index in [1.807, 2.05) is 18.9 Å². The smallest absolute Gasteiger partial charge is 0.265 e. The molecule has 0 fully saturated rings. The summed E-state index contributed by atoms with van der Waals surface area (Å²) in [7, 11) is 1.91. The fourth-order valence-electron chi connectivity index (χ4n) is 0.767. The standard InChI is InChI=1S/C7H14N4O/c1-3-11(2)7-9-6(4-5-8)12-10-7/h3-5,8H2,1-2H3. The first-order chi connectivity index (χ1) is 5.77. The van der Waals surface area contributed by atoms with Crippen LogP contribution in [-0.4, -0.2) is 30.3 Å². The molecule has 12 heavy (non-hydrogen) atoms. The molecule has 2 N–H and O–H groups in total. The van der Waals surface area contributed by atoms with E-state index >= 15 is 0 Å². The number of hydrogen-bond donors (Lipinski definition) is 1. The normalized spacial score (nSPS) is 10.2. The molecule has 5 heteroatoms. The van der Waals surface area contributed by atoms with Gasteiger partial charge in [0.1, 0.15) is 0 Å². The second-order valence-electron chi connectivity index (χ2n) is 2.54. The summed E-state index contributed by atoms with van der Waals surface area (Å²) >= 11 is 0. The molecule has 0 bridgehead atoms. The molecule has 0 amide bonds. The van der Waals surface area contributed by atoms with Crippen LogP contribution in [0.2, 0.25) is 0 Å². The molecule has 1 aromatic rings. The van der Waals surface area contributed by atoms with E-state index in [0.717, 1.165) is 6.54 Å². The Morgan fingerprint density at radius 3 is 2.92 bits per heavy atom. The molecule has 0 aliphatic rings. The zero-order valence-corrected chi connectivity index (χ0v) is 7.45. The molecule has 0 aliphatic carbocycles. The van der Waals surface area contributed by atoms with Gasteiger partial charge in [0, 0.05) is 26.6 Å². The van der Waals surface area contributed by atoms with Gasteiger partial charge in [0.15, 0.2) is 0 Å². The highest BCUT2D eigenvalue weighted by Gasteiger charge is 2.07. The summed E-state index contributed by atoms with van der Waals surface area (Å²) in [6, 6.07) is 0. The van der Waals surface area contributed by atoms with Crippen molar-refractivity contribution in [1.29, 1.82) is 0 Å². The van der Waals surface area contributed by atoms with Crippen molar-refractivity contribution in [2.24, 2.45) is 5.73 Å². The van der Waals surface area contributed by atoms with Gasteiger partial charge < -0.3 is 15.2 Å². The molecule has 5 nitrogen and oxygen atoms in total. The molecule has 0 saturated heterocycles. The van der Waals surface area contributed by atoms with E-state index in [1.165, 1.54) is 0 Å². The molecule has 1 rings (SSSR count). The summed E-state index contributed by atoms with van der Waals surface area (Å²) in [6.07, 6.45) is 0.643. The lowest BCUT2D eigenvalue weighted by Gasteiger charge is -2.08. The topological polar surface area (TPSA) is 68.2 Å². The summed E-state index contributed by atoms with van der Waals surface area (Å²) in [4.78, 5) is 6.05. The van der Waals surface area contributed by atoms with Crippen molar-refractivity contribution in [3.63, 3.8) is 0 Å². The molecular formula is C7H14N4O. The quantitative estimate of drug-likeness (QED) is 0.690. The highest BCUT2D eigenvalue weighted by atomic mass is 16.5. The maximum atomic E-state index is 5.34. The Morgan fingerprint density at radius 2 is 2.33 bits per heavy atom. The first-order valence-electron chi connectivity index (χ1n) is 4.01. The zero-order chi connectivity index (χ0) is 8.97. The molecular weight excluding hydrogens is 156 g/mol. The van der Waals surface area contributed by atoms with E-state index in [-0.39, 0.29) is 0 Å². The van der Waals surface area contributed by atoms with E-state index in [4.69, 9.17) is 10.3 Å². The van der Waals surface area contributed by atoms with Crippen molar-refractivity contribution in [3.8, 4) is 0 Å². The van der Waals surface area contributed by atoms with E-state index in [1.54, 1.807) is 0 Å². The van der Waals surface area contributed by atoms with Gasteiger partial charge in [0.25, 0.3) is 5.95 Å². The monoisotopic (exact) mass is 170 g/mol. The number of anilines is 1. The van der Waals surface area contributed by atoms with Crippen molar-refractivity contribution in [2.45, 2.75) is 13.3 Å². The third-order valence-corrected chi connectivity index (χ3v) is 1.63. The third kappa shape index (κ3) is 1.94. The third-order valence-electron chi connectivity index (χ3n) is 1.63. The van der Waals surface area contributed by atoms with Crippen LogP contribution in [0.5, 0.6) is 0 Å². The van der Waals surface area contributed by atoms with Crippen LogP contribution in [0.15, 0.2) is 4.52 Å². The molecule has 0 saturated carbocycles. The molecule has 0 radical (unpaired) electrons. The Balaban J connectivity index is 2.63. The Bertz CT molecular complexity index is 235. The predicted octanol–water partition coefficient (Wildman–Crippen LogP) is 0.0269. The van der Waals surface area contributed by atoms with Gasteiger partial charge in [0.2, 0.25) is 5.89 Å². The van der Waals surface area contributed by atoms with Crippen molar-refractivity contribution >= 4 is 5.95 Å². The minimum Gasteiger partial charge on any atom is -0.342 e. The van der Waals surface area contributed by atoms with Crippen LogP contribution in [0.25, 0.3) is 0 Å². The number of aromatic nitrogens is 2. The lowest BCUT2D eigenvalue weighted by Crippen LogP contribution is -2.17. The van der Waals surface area contributed by atoms with Crippen molar-refractivity contribution < 1.29 is 4.52 Å². The van der Waals surface area contributed by atoms with Gasteiger partial charge in [-0.2, -0.15) is 4.98 Å². The van der Waals surface area contributed by atoms with Gasteiger partial charge in [-0.25, -0.2) is 0 Å². The highest BCUT2D eigenvalue weighted by Crippen LogP contribution is 2.06. The van der Waals surface area contributed by atoms with E-state index in [9.17, 15) is 0 Å². The summed E-state index contributed by atoms with van der Waals surface area (Å²) in [5.41, 5.74) is 5.34. The Labute approximate surface area is 71.5 Å².